The minimum absolute atomic E-state index is 0.159. The highest BCUT2D eigenvalue weighted by Gasteiger charge is 2.12. The van der Waals surface area contributed by atoms with Crippen molar-refractivity contribution >= 4 is 12.0 Å². The van der Waals surface area contributed by atoms with Crippen LogP contribution >= 0.6 is 0 Å². The van der Waals surface area contributed by atoms with Crippen LogP contribution in [0, 0.1) is 20.8 Å². The van der Waals surface area contributed by atoms with Crippen molar-refractivity contribution in [1.82, 2.24) is 10.5 Å². The summed E-state index contributed by atoms with van der Waals surface area (Å²) >= 11 is 0. The van der Waals surface area contributed by atoms with Crippen molar-refractivity contribution in [3.8, 4) is 11.5 Å². The number of aryl methyl sites for hydroxylation is 3. The Labute approximate surface area is 176 Å². The van der Waals surface area contributed by atoms with Gasteiger partial charge in [0.25, 0.3) is 0 Å². The molecule has 2 aromatic carbocycles. The van der Waals surface area contributed by atoms with Crippen molar-refractivity contribution in [2.24, 2.45) is 0 Å². The van der Waals surface area contributed by atoms with E-state index in [0.717, 1.165) is 28.1 Å². The Hall–Kier alpha value is -3.54. The Balaban J connectivity index is 1.59. The van der Waals surface area contributed by atoms with E-state index in [4.69, 9.17) is 14.0 Å². The fraction of sp³-hybridized carbons (Fsp3) is 0.250. The average molecular weight is 406 g/mol. The molecule has 3 aromatic rings. The molecule has 0 spiro atoms. The molecule has 0 aliphatic heterocycles. The smallest absolute Gasteiger partial charge is 0.244 e. The third kappa shape index (κ3) is 5.50. The summed E-state index contributed by atoms with van der Waals surface area (Å²) in [6.07, 6.45) is 3.25. The van der Waals surface area contributed by atoms with Crippen LogP contribution in [0.4, 0.5) is 0 Å². The third-order valence-electron chi connectivity index (χ3n) is 4.76. The number of amides is 1. The minimum atomic E-state index is -0.159. The summed E-state index contributed by atoms with van der Waals surface area (Å²) in [6.45, 7) is 6.60. The summed E-state index contributed by atoms with van der Waals surface area (Å²) in [5.41, 5.74) is 4.82. The van der Waals surface area contributed by atoms with Gasteiger partial charge in [-0.25, -0.2) is 0 Å². The van der Waals surface area contributed by atoms with E-state index >= 15 is 0 Å². The average Bonchev–Trinajstić information content (AvgIpc) is 3.07. The van der Waals surface area contributed by atoms with E-state index in [1.165, 1.54) is 11.6 Å². The van der Waals surface area contributed by atoms with Crippen LogP contribution < -0.4 is 14.8 Å². The minimum Gasteiger partial charge on any atom is -0.493 e. The van der Waals surface area contributed by atoms with Crippen LogP contribution in [0.2, 0.25) is 0 Å². The standard InChI is InChI=1S/C24H26N2O4/c1-16-5-7-20(8-6-16)14-25-24(27)12-10-19-9-11-22(23(13-19)28-4)29-15-21-17(2)26-30-18(21)3/h5-13H,14-15H2,1-4H3,(H,25,27)/b12-10+. The second-order valence-electron chi connectivity index (χ2n) is 7.04. The molecule has 3 rings (SSSR count). The quantitative estimate of drug-likeness (QED) is 0.557. The van der Waals surface area contributed by atoms with Crippen LogP contribution in [-0.2, 0) is 17.9 Å². The molecule has 6 heteroatoms. The van der Waals surface area contributed by atoms with E-state index in [1.807, 2.05) is 63.2 Å². The summed E-state index contributed by atoms with van der Waals surface area (Å²) in [7, 11) is 1.58. The van der Waals surface area contributed by atoms with Gasteiger partial charge in [-0.3, -0.25) is 4.79 Å². The van der Waals surface area contributed by atoms with Crippen molar-refractivity contribution in [3.63, 3.8) is 0 Å². The summed E-state index contributed by atoms with van der Waals surface area (Å²) < 4.78 is 16.5. The van der Waals surface area contributed by atoms with Crippen molar-refractivity contribution in [1.29, 1.82) is 0 Å². The van der Waals surface area contributed by atoms with Gasteiger partial charge in [-0.15, -0.1) is 0 Å². The predicted molar refractivity (Wildman–Crippen MR) is 115 cm³/mol. The number of hydrogen-bond donors (Lipinski definition) is 1. The normalized spacial score (nSPS) is 10.9. The lowest BCUT2D eigenvalue weighted by molar-refractivity contribution is -0.116. The molecular formula is C24H26N2O4. The molecule has 0 saturated carbocycles. The first-order chi connectivity index (χ1) is 14.5. The van der Waals surface area contributed by atoms with Crippen molar-refractivity contribution < 1.29 is 18.8 Å². The largest absolute Gasteiger partial charge is 0.493 e. The molecule has 156 valence electrons. The molecule has 6 nitrogen and oxygen atoms in total. The molecule has 0 bridgehead atoms. The van der Waals surface area contributed by atoms with E-state index in [0.29, 0.717) is 24.7 Å². The Morgan fingerprint density at radius 2 is 1.87 bits per heavy atom. The topological polar surface area (TPSA) is 73.6 Å². The molecule has 0 saturated heterocycles. The van der Waals surface area contributed by atoms with Gasteiger partial charge in [-0.1, -0.05) is 41.1 Å². The van der Waals surface area contributed by atoms with E-state index in [-0.39, 0.29) is 5.91 Å². The molecule has 30 heavy (non-hydrogen) atoms. The zero-order valence-electron chi connectivity index (χ0n) is 17.7. The number of aromatic nitrogens is 1. The summed E-state index contributed by atoms with van der Waals surface area (Å²) in [5, 5.41) is 6.81. The number of ether oxygens (including phenoxy) is 2. The van der Waals surface area contributed by atoms with Gasteiger partial charge in [0.1, 0.15) is 12.4 Å². The maximum atomic E-state index is 12.1. The van der Waals surface area contributed by atoms with E-state index in [1.54, 1.807) is 13.2 Å². The number of carbonyl (C=O) groups is 1. The Bertz CT molecular complexity index is 1020. The van der Waals surface area contributed by atoms with Crippen LogP contribution in [0.15, 0.2) is 53.1 Å². The highest BCUT2D eigenvalue weighted by Crippen LogP contribution is 2.30. The maximum absolute atomic E-state index is 12.1. The van der Waals surface area contributed by atoms with Crippen molar-refractivity contribution in [2.45, 2.75) is 33.9 Å². The summed E-state index contributed by atoms with van der Waals surface area (Å²) in [6, 6.07) is 13.6. The molecule has 0 atom stereocenters. The Morgan fingerprint density at radius 3 is 2.53 bits per heavy atom. The molecule has 1 N–H and O–H groups in total. The van der Waals surface area contributed by atoms with Crippen LogP contribution in [-0.4, -0.2) is 18.2 Å². The molecule has 0 radical (unpaired) electrons. The van der Waals surface area contributed by atoms with Crippen LogP contribution in [0.25, 0.3) is 6.08 Å². The lowest BCUT2D eigenvalue weighted by atomic mass is 10.1. The number of nitrogens with one attached hydrogen (secondary N) is 1. The number of nitrogens with zero attached hydrogens (tertiary/aromatic N) is 1. The predicted octanol–water partition coefficient (Wildman–Crippen LogP) is 4.52. The third-order valence-corrected chi connectivity index (χ3v) is 4.76. The molecule has 0 aliphatic rings. The summed E-state index contributed by atoms with van der Waals surface area (Å²) in [5.74, 6) is 1.78. The van der Waals surface area contributed by atoms with Gasteiger partial charge in [0.2, 0.25) is 5.91 Å². The first kappa shape index (κ1) is 21.2. The number of benzene rings is 2. The number of methoxy groups -OCH3 is 1. The Morgan fingerprint density at radius 1 is 1.10 bits per heavy atom. The second kappa shape index (κ2) is 9.78. The fourth-order valence-electron chi connectivity index (χ4n) is 2.89. The summed E-state index contributed by atoms with van der Waals surface area (Å²) in [4.78, 5) is 12.1. The molecule has 0 aliphatic carbocycles. The number of rotatable bonds is 8. The molecule has 0 unspecified atom stereocenters. The van der Waals surface area contributed by atoms with Crippen molar-refractivity contribution in [3.05, 3.63) is 82.2 Å². The fourth-order valence-corrected chi connectivity index (χ4v) is 2.89. The Kier molecular flexibility index (Phi) is 6.91. The zero-order valence-corrected chi connectivity index (χ0v) is 17.7. The van der Waals surface area contributed by atoms with E-state index in [9.17, 15) is 4.79 Å². The second-order valence-corrected chi connectivity index (χ2v) is 7.04. The van der Waals surface area contributed by atoms with Crippen LogP contribution in [0.5, 0.6) is 11.5 Å². The highest BCUT2D eigenvalue weighted by atomic mass is 16.5. The molecule has 0 fully saturated rings. The number of hydrogen-bond acceptors (Lipinski definition) is 5. The molecule has 1 aromatic heterocycles. The van der Waals surface area contributed by atoms with Crippen LogP contribution in [0.3, 0.4) is 0 Å². The SMILES string of the molecule is COc1cc(/C=C/C(=O)NCc2ccc(C)cc2)ccc1OCc1c(C)noc1C. The molecular weight excluding hydrogens is 380 g/mol. The highest BCUT2D eigenvalue weighted by molar-refractivity contribution is 5.91. The van der Waals surface area contributed by atoms with Crippen LogP contribution in [0.1, 0.15) is 33.7 Å². The van der Waals surface area contributed by atoms with E-state index in [2.05, 4.69) is 10.5 Å². The lowest BCUT2D eigenvalue weighted by Gasteiger charge is -2.11. The van der Waals surface area contributed by atoms with Gasteiger partial charge in [-0.2, -0.15) is 0 Å². The molecule has 1 amide bonds. The number of carbonyl (C=O) groups excluding carboxylic acids is 1. The lowest BCUT2D eigenvalue weighted by Crippen LogP contribution is -2.20. The van der Waals surface area contributed by atoms with Crippen molar-refractivity contribution in [2.75, 3.05) is 7.11 Å². The van der Waals surface area contributed by atoms with Gasteiger partial charge in [-0.05, 0) is 50.1 Å². The van der Waals surface area contributed by atoms with Gasteiger partial charge in [0.15, 0.2) is 11.5 Å². The van der Waals surface area contributed by atoms with Gasteiger partial charge in [0, 0.05) is 12.6 Å². The van der Waals surface area contributed by atoms with Gasteiger partial charge in [0.05, 0.1) is 18.4 Å². The maximum Gasteiger partial charge on any atom is 0.244 e. The zero-order chi connectivity index (χ0) is 21.5. The van der Waals surface area contributed by atoms with E-state index < -0.39 is 0 Å². The molecule has 1 heterocycles. The first-order valence-corrected chi connectivity index (χ1v) is 9.70. The monoisotopic (exact) mass is 406 g/mol. The van der Waals surface area contributed by atoms with Gasteiger partial charge < -0.3 is 19.3 Å². The van der Waals surface area contributed by atoms with Gasteiger partial charge >= 0.3 is 0 Å². The first-order valence-electron chi connectivity index (χ1n) is 9.70.